The van der Waals surface area contributed by atoms with E-state index in [2.05, 4.69) is 36.0 Å². The molecule has 2 N–H and O–H groups in total. The van der Waals surface area contributed by atoms with E-state index in [1.54, 1.807) is 0 Å². The van der Waals surface area contributed by atoms with E-state index in [-0.39, 0.29) is 30.1 Å². The molecule has 0 aliphatic carbocycles. The lowest BCUT2D eigenvalue weighted by atomic mass is 10.2. The van der Waals surface area contributed by atoms with Crippen molar-refractivity contribution in [1.29, 1.82) is 0 Å². The van der Waals surface area contributed by atoms with Gasteiger partial charge in [0.05, 0.1) is 6.10 Å². The molecule has 0 bridgehead atoms. The third kappa shape index (κ3) is 8.26. The van der Waals surface area contributed by atoms with Crippen LogP contribution < -0.4 is 5.32 Å². The molecule has 1 atom stereocenters. The predicted molar refractivity (Wildman–Crippen MR) is 93.9 cm³/mol. The molecule has 0 radical (unpaired) electrons. The van der Waals surface area contributed by atoms with Crippen LogP contribution in [0.15, 0.2) is 4.99 Å². The minimum atomic E-state index is -0.210. The fourth-order valence-corrected chi connectivity index (χ4v) is 2.03. The second-order valence-electron chi connectivity index (χ2n) is 5.45. The van der Waals surface area contributed by atoms with Gasteiger partial charge >= 0.3 is 0 Å². The van der Waals surface area contributed by atoms with Crippen molar-refractivity contribution in [2.75, 3.05) is 39.4 Å². The number of hydrogen-bond donors (Lipinski definition) is 2. The highest BCUT2D eigenvalue weighted by Crippen LogP contribution is 2.08. The average molecular weight is 399 g/mol. The van der Waals surface area contributed by atoms with Crippen LogP contribution in [0, 0.1) is 5.92 Å². The first-order valence-corrected chi connectivity index (χ1v) is 7.42. The Bertz CT molecular complexity index is 275. The second-order valence-corrected chi connectivity index (χ2v) is 5.45. The maximum atomic E-state index is 9.57. The Morgan fingerprint density at radius 1 is 1.50 bits per heavy atom. The van der Waals surface area contributed by atoms with Crippen LogP contribution in [0.3, 0.4) is 0 Å². The summed E-state index contributed by atoms with van der Waals surface area (Å²) in [5, 5.41) is 12.8. The highest BCUT2D eigenvalue weighted by atomic mass is 127. The van der Waals surface area contributed by atoms with E-state index < -0.39 is 0 Å². The molecule has 6 heteroatoms. The van der Waals surface area contributed by atoms with Crippen LogP contribution >= 0.6 is 24.0 Å². The summed E-state index contributed by atoms with van der Waals surface area (Å²) in [7, 11) is 0. The van der Waals surface area contributed by atoms with Gasteiger partial charge in [0, 0.05) is 39.4 Å². The minimum Gasteiger partial charge on any atom is -0.391 e. The first-order chi connectivity index (χ1) is 9.13. The topological polar surface area (TPSA) is 57.1 Å². The maximum absolute atomic E-state index is 9.57. The molecule has 1 aliphatic heterocycles. The summed E-state index contributed by atoms with van der Waals surface area (Å²) in [5.74, 6) is 1.51. The fraction of sp³-hybridized carbons (Fsp3) is 0.929. The molecule has 0 spiro atoms. The molecular weight excluding hydrogens is 369 g/mol. The molecule has 0 aromatic rings. The number of rotatable bonds is 7. The van der Waals surface area contributed by atoms with Gasteiger partial charge in [-0.2, -0.15) is 0 Å². The first kappa shape index (κ1) is 19.9. The van der Waals surface area contributed by atoms with Gasteiger partial charge in [0.25, 0.3) is 0 Å². The monoisotopic (exact) mass is 399 g/mol. The van der Waals surface area contributed by atoms with Gasteiger partial charge in [0.1, 0.15) is 0 Å². The number of halogens is 1. The quantitative estimate of drug-likeness (QED) is 0.296. The number of nitrogens with one attached hydrogen (secondary N) is 1. The van der Waals surface area contributed by atoms with Crippen molar-refractivity contribution in [2.24, 2.45) is 10.9 Å². The molecule has 0 unspecified atom stereocenters. The zero-order valence-corrected chi connectivity index (χ0v) is 15.3. The molecule has 5 nitrogen and oxygen atoms in total. The van der Waals surface area contributed by atoms with Gasteiger partial charge in [0.15, 0.2) is 5.96 Å². The number of ether oxygens (including phenoxy) is 1. The van der Waals surface area contributed by atoms with Crippen LogP contribution in [-0.2, 0) is 4.74 Å². The molecule has 0 saturated carbocycles. The molecule has 0 aromatic heterocycles. The highest BCUT2D eigenvalue weighted by molar-refractivity contribution is 14.0. The molecule has 1 heterocycles. The van der Waals surface area contributed by atoms with Crippen LogP contribution in [-0.4, -0.2) is 61.5 Å². The molecule has 1 fully saturated rings. The summed E-state index contributed by atoms with van der Waals surface area (Å²) in [6.45, 7) is 11.2. The summed E-state index contributed by atoms with van der Waals surface area (Å²) in [5.41, 5.74) is 0. The van der Waals surface area contributed by atoms with Crippen molar-refractivity contribution in [1.82, 2.24) is 10.2 Å². The standard InChI is InChI=1S/C14H29N3O2.HI/c1-4-15-14(17-8-6-13(18)10-17)16-7-5-9-19-11-12(2)3;/h12-13,18H,4-11H2,1-3H3,(H,15,16);1H/t13-;/m1./s1. The van der Waals surface area contributed by atoms with E-state index in [0.717, 1.165) is 51.6 Å². The first-order valence-electron chi connectivity index (χ1n) is 7.42. The van der Waals surface area contributed by atoms with Crippen LogP contribution in [0.2, 0.25) is 0 Å². The van der Waals surface area contributed by atoms with E-state index in [4.69, 9.17) is 4.74 Å². The van der Waals surface area contributed by atoms with E-state index in [0.29, 0.717) is 12.5 Å². The second kappa shape index (κ2) is 11.6. The van der Waals surface area contributed by atoms with E-state index in [9.17, 15) is 5.11 Å². The normalized spacial score (nSPS) is 19.4. The van der Waals surface area contributed by atoms with Gasteiger partial charge in [-0.15, -0.1) is 24.0 Å². The Balaban J connectivity index is 0.00000361. The lowest BCUT2D eigenvalue weighted by Gasteiger charge is -2.20. The number of hydrogen-bond acceptors (Lipinski definition) is 3. The van der Waals surface area contributed by atoms with Crippen molar-refractivity contribution >= 4 is 29.9 Å². The number of β-amino-alcohol motifs (C(OH)–C–C–N with tert-alkyl or cyclic N) is 1. The Kier molecular flexibility index (Phi) is 11.5. The molecular formula is C14H30IN3O2. The lowest BCUT2D eigenvalue weighted by molar-refractivity contribution is 0.109. The molecule has 20 heavy (non-hydrogen) atoms. The third-order valence-corrected chi connectivity index (χ3v) is 2.96. The SMILES string of the molecule is CCNC(=NCCCOCC(C)C)N1CC[C@@H](O)C1.I. The Hall–Kier alpha value is -0.0800. The minimum absolute atomic E-state index is 0. The molecule has 1 saturated heterocycles. The average Bonchev–Trinajstić information content (AvgIpc) is 2.78. The van der Waals surface area contributed by atoms with Gasteiger partial charge in [0.2, 0.25) is 0 Å². The number of aliphatic hydroxyl groups excluding tert-OH is 1. The van der Waals surface area contributed by atoms with Crippen LogP contribution in [0.5, 0.6) is 0 Å². The summed E-state index contributed by atoms with van der Waals surface area (Å²) < 4.78 is 5.54. The van der Waals surface area contributed by atoms with Crippen LogP contribution in [0.4, 0.5) is 0 Å². The zero-order valence-electron chi connectivity index (χ0n) is 13.0. The van der Waals surface area contributed by atoms with Crippen LogP contribution in [0.25, 0.3) is 0 Å². The Morgan fingerprint density at radius 3 is 2.80 bits per heavy atom. The van der Waals surface area contributed by atoms with Crippen molar-refractivity contribution in [2.45, 2.75) is 39.7 Å². The summed E-state index contributed by atoms with van der Waals surface area (Å²) in [6, 6.07) is 0. The van der Waals surface area contributed by atoms with Crippen LogP contribution in [0.1, 0.15) is 33.6 Å². The number of aliphatic hydroxyl groups is 1. The smallest absolute Gasteiger partial charge is 0.194 e. The summed E-state index contributed by atoms with van der Waals surface area (Å²) in [4.78, 5) is 6.72. The van der Waals surface area contributed by atoms with Crippen molar-refractivity contribution < 1.29 is 9.84 Å². The highest BCUT2D eigenvalue weighted by Gasteiger charge is 2.22. The molecule has 120 valence electrons. The molecule has 1 aliphatic rings. The van der Waals surface area contributed by atoms with E-state index >= 15 is 0 Å². The van der Waals surface area contributed by atoms with Gasteiger partial charge in [-0.25, -0.2) is 0 Å². The third-order valence-electron chi connectivity index (χ3n) is 2.96. The molecule has 1 rings (SSSR count). The van der Waals surface area contributed by atoms with E-state index in [1.165, 1.54) is 0 Å². The number of guanidine groups is 1. The Morgan fingerprint density at radius 2 is 2.25 bits per heavy atom. The molecule has 0 aromatic carbocycles. The van der Waals surface area contributed by atoms with Crippen molar-refractivity contribution in [3.05, 3.63) is 0 Å². The lowest BCUT2D eigenvalue weighted by Crippen LogP contribution is -2.40. The fourth-order valence-electron chi connectivity index (χ4n) is 2.03. The number of aliphatic imine (C=N–C) groups is 1. The van der Waals surface area contributed by atoms with Gasteiger partial charge in [-0.05, 0) is 25.7 Å². The largest absolute Gasteiger partial charge is 0.391 e. The van der Waals surface area contributed by atoms with Crippen molar-refractivity contribution in [3.8, 4) is 0 Å². The van der Waals surface area contributed by atoms with Gasteiger partial charge in [-0.3, -0.25) is 4.99 Å². The van der Waals surface area contributed by atoms with Crippen molar-refractivity contribution in [3.63, 3.8) is 0 Å². The van der Waals surface area contributed by atoms with Gasteiger partial charge < -0.3 is 20.1 Å². The zero-order chi connectivity index (χ0) is 14.1. The molecule has 0 amide bonds. The van der Waals surface area contributed by atoms with Gasteiger partial charge in [-0.1, -0.05) is 13.8 Å². The number of nitrogens with zero attached hydrogens (tertiary/aromatic N) is 2. The summed E-state index contributed by atoms with van der Waals surface area (Å²) in [6.07, 6.45) is 1.57. The Labute approximate surface area is 140 Å². The maximum Gasteiger partial charge on any atom is 0.194 e. The van der Waals surface area contributed by atoms with E-state index in [1.807, 2.05) is 0 Å². The number of likely N-dealkylation sites (tertiary alicyclic amines) is 1. The predicted octanol–water partition coefficient (Wildman–Crippen LogP) is 1.70. The summed E-state index contributed by atoms with van der Waals surface area (Å²) >= 11 is 0.